The summed E-state index contributed by atoms with van der Waals surface area (Å²) in [5.41, 5.74) is 9.97. The van der Waals surface area contributed by atoms with Gasteiger partial charge >= 0.3 is 0 Å². The predicted octanol–water partition coefficient (Wildman–Crippen LogP) is 0.809. The van der Waals surface area contributed by atoms with Crippen LogP contribution in [-0.2, 0) is 0 Å². The molecule has 0 unspecified atom stereocenters. The molecule has 164 valence electrons. The molecular weight excluding hydrogens is 392 g/mol. The second kappa shape index (κ2) is 8.69. The van der Waals surface area contributed by atoms with Crippen molar-refractivity contribution in [2.45, 2.75) is 13.8 Å². The Labute approximate surface area is 182 Å². The monoisotopic (exact) mass is 423 g/mol. The molecule has 0 bridgehead atoms. The molecule has 31 heavy (non-hydrogen) atoms. The molecule has 4 rings (SSSR count). The van der Waals surface area contributed by atoms with Crippen LogP contribution in [0.3, 0.4) is 0 Å². The number of carbonyl (C=O) groups excluding carboxylic acids is 2. The first-order valence-corrected chi connectivity index (χ1v) is 11.0. The minimum atomic E-state index is -0.193. The number of carbonyl (C=O) groups is 2. The van der Waals surface area contributed by atoms with E-state index in [4.69, 9.17) is 5.73 Å². The van der Waals surface area contributed by atoms with E-state index in [0.717, 1.165) is 38.4 Å². The molecule has 1 heterocycles. The van der Waals surface area contributed by atoms with E-state index in [1.165, 1.54) is 4.90 Å². The lowest BCUT2D eigenvalue weighted by Gasteiger charge is -2.35. The van der Waals surface area contributed by atoms with Crippen molar-refractivity contribution in [1.29, 1.82) is 0 Å². The van der Waals surface area contributed by atoms with Crippen LogP contribution in [0.4, 0.5) is 17.1 Å². The van der Waals surface area contributed by atoms with Crippen molar-refractivity contribution in [3.8, 4) is 0 Å². The lowest BCUT2D eigenvalue weighted by molar-refractivity contribution is -0.900. The van der Waals surface area contributed by atoms with E-state index in [1.54, 1.807) is 24.3 Å². The summed E-state index contributed by atoms with van der Waals surface area (Å²) in [6.07, 6.45) is 0. The van der Waals surface area contributed by atoms with E-state index < -0.39 is 0 Å². The third-order valence-electron chi connectivity index (χ3n) is 6.19. The van der Waals surface area contributed by atoms with E-state index in [0.29, 0.717) is 46.1 Å². The number of quaternary nitrogens is 1. The van der Waals surface area contributed by atoms with Crippen molar-refractivity contribution >= 4 is 28.6 Å². The summed E-state index contributed by atoms with van der Waals surface area (Å²) in [5.74, 6) is 0.0255. The minimum absolute atomic E-state index is 0.160. The van der Waals surface area contributed by atoms with Gasteiger partial charge in [-0.05, 0) is 12.0 Å². The Morgan fingerprint density at radius 3 is 2.29 bits per heavy atom. The second-order valence-corrected chi connectivity index (χ2v) is 8.80. The summed E-state index contributed by atoms with van der Waals surface area (Å²) in [6, 6.07) is 8.89. The topological polar surface area (TPSA) is 100 Å². The quantitative estimate of drug-likeness (QED) is 0.438. The normalized spacial score (nSPS) is 16.5. The van der Waals surface area contributed by atoms with Gasteiger partial charge in [-0.3, -0.25) is 9.59 Å². The number of ketones is 2. The number of aliphatic hydroxyl groups is 1. The Morgan fingerprint density at radius 1 is 1.10 bits per heavy atom. The number of nitrogens with one attached hydrogen (secondary N) is 2. The zero-order valence-electron chi connectivity index (χ0n) is 18.2. The van der Waals surface area contributed by atoms with Crippen LogP contribution >= 0.6 is 0 Å². The molecule has 0 amide bonds. The van der Waals surface area contributed by atoms with Crippen LogP contribution < -0.4 is 20.9 Å². The van der Waals surface area contributed by atoms with E-state index in [1.807, 2.05) is 6.07 Å². The van der Waals surface area contributed by atoms with Gasteiger partial charge in [0.1, 0.15) is 6.54 Å². The van der Waals surface area contributed by atoms with Crippen molar-refractivity contribution in [2.75, 3.05) is 61.8 Å². The lowest BCUT2D eigenvalue weighted by Crippen LogP contribution is -3.15. The number of benzene rings is 2. The maximum atomic E-state index is 13.4. The van der Waals surface area contributed by atoms with Crippen LogP contribution in [0, 0.1) is 5.92 Å². The highest BCUT2D eigenvalue weighted by atomic mass is 16.3. The Kier molecular flexibility index (Phi) is 5.98. The smallest absolute Gasteiger partial charge is 0.196 e. The number of piperazine rings is 1. The van der Waals surface area contributed by atoms with Crippen LogP contribution in [0.15, 0.2) is 30.3 Å². The van der Waals surface area contributed by atoms with Crippen LogP contribution in [0.25, 0.3) is 0 Å². The summed E-state index contributed by atoms with van der Waals surface area (Å²) in [7, 11) is 0. The number of rotatable bonds is 6. The van der Waals surface area contributed by atoms with Gasteiger partial charge in [0.25, 0.3) is 0 Å². The summed E-state index contributed by atoms with van der Waals surface area (Å²) in [5, 5.41) is 12.6. The van der Waals surface area contributed by atoms with E-state index in [-0.39, 0.29) is 18.2 Å². The standard InChI is InChI=1S/C24H30N4O3/c1-15(2)14-26-18-13-19(28-9-7-27(8-10-28)11-12-29)22(25)21-20(18)23(30)16-5-3-4-6-17(16)24(21)31/h3-6,13,15,26,29H,7-12,14,25H2,1-2H3/p+1. The predicted molar refractivity (Wildman–Crippen MR) is 122 cm³/mol. The summed E-state index contributed by atoms with van der Waals surface area (Å²) in [6.45, 7) is 9.14. The molecule has 7 nitrogen and oxygen atoms in total. The molecular formula is C24H31N4O3+. The largest absolute Gasteiger partial charge is 0.396 e. The fraction of sp³-hybridized carbons (Fsp3) is 0.417. The summed E-state index contributed by atoms with van der Waals surface area (Å²) in [4.78, 5) is 30.4. The fourth-order valence-corrected chi connectivity index (χ4v) is 4.49. The number of nitrogen functional groups attached to an aromatic ring is 1. The molecule has 0 radical (unpaired) electrons. The maximum Gasteiger partial charge on any atom is 0.196 e. The van der Waals surface area contributed by atoms with Gasteiger partial charge in [-0.1, -0.05) is 38.1 Å². The number of nitrogens with two attached hydrogens (primary N) is 1. The van der Waals surface area contributed by atoms with E-state index >= 15 is 0 Å². The number of nitrogens with zero attached hydrogens (tertiary/aromatic N) is 1. The number of hydrogen-bond acceptors (Lipinski definition) is 6. The Bertz CT molecular complexity index is 1010. The first-order valence-electron chi connectivity index (χ1n) is 11.0. The average molecular weight is 424 g/mol. The van der Waals surface area contributed by atoms with Crippen molar-refractivity contribution < 1.29 is 19.6 Å². The second-order valence-electron chi connectivity index (χ2n) is 8.80. The van der Waals surface area contributed by atoms with Gasteiger partial charge in [-0.2, -0.15) is 0 Å². The first-order chi connectivity index (χ1) is 14.9. The lowest BCUT2D eigenvalue weighted by atomic mass is 9.81. The molecule has 0 saturated carbocycles. The number of fused-ring (bicyclic) bond motifs is 2. The van der Waals surface area contributed by atoms with Crippen molar-refractivity contribution in [2.24, 2.45) is 5.92 Å². The van der Waals surface area contributed by atoms with Gasteiger partial charge in [0, 0.05) is 23.4 Å². The summed E-state index contributed by atoms with van der Waals surface area (Å²) >= 11 is 0. The Balaban J connectivity index is 1.79. The van der Waals surface area contributed by atoms with Gasteiger partial charge < -0.3 is 26.0 Å². The number of hydrogen-bond donors (Lipinski definition) is 4. The van der Waals surface area contributed by atoms with Gasteiger partial charge in [-0.25, -0.2) is 0 Å². The van der Waals surface area contributed by atoms with Gasteiger partial charge in [0.2, 0.25) is 0 Å². The molecule has 2 aromatic carbocycles. The van der Waals surface area contributed by atoms with Crippen LogP contribution in [0.1, 0.15) is 45.7 Å². The van der Waals surface area contributed by atoms with Gasteiger partial charge in [0.15, 0.2) is 11.6 Å². The van der Waals surface area contributed by atoms with Crippen molar-refractivity contribution in [1.82, 2.24) is 0 Å². The van der Waals surface area contributed by atoms with E-state index in [9.17, 15) is 14.7 Å². The highest BCUT2D eigenvalue weighted by Gasteiger charge is 2.36. The third-order valence-corrected chi connectivity index (χ3v) is 6.19. The Hall–Kier alpha value is -2.90. The molecule has 1 aliphatic carbocycles. The first kappa shape index (κ1) is 21.3. The minimum Gasteiger partial charge on any atom is -0.396 e. The highest BCUT2D eigenvalue weighted by molar-refractivity contribution is 6.32. The fourth-order valence-electron chi connectivity index (χ4n) is 4.49. The molecule has 5 N–H and O–H groups in total. The Morgan fingerprint density at radius 2 is 1.71 bits per heavy atom. The molecule has 0 aromatic heterocycles. The molecule has 1 saturated heterocycles. The zero-order valence-corrected chi connectivity index (χ0v) is 18.2. The zero-order chi connectivity index (χ0) is 22.1. The van der Waals surface area contributed by atoms with Crippen LogP contribution in [0.2, 0.25) is 0 Å². The number of anilines is 3. The van der Waals surface area contributed by atoms with Crippen molar-refractivity contribution in [3.05, 3.63) is 52.6 Å². The van der Waals surface area contributed by atoms with Crippen molar-refractivity contribution in [3.63, 3.8) is 0 Å². The molecule has 7 heteroatoms. The van der Waals surface area contributed by atoms with Gasteiger partial charge in [-0.15, -0.1) is 0 Å². The van der Waals surface area contributed by atoms with Crippen LogP contribution in [-0.4, -0.2) is 62.5 Å². The molecule has 0 atom stereocenters. The average Bonchev–Trinajstić information content (AvgIpc) is 2.77. The molecule has 0 spiro atoms. The molecule has 2 aromatic rings. The number of aliphatic hydroxyl groups excluding tert-OH is 1. The van der Waals surface area contributed by atoms with Crippen LogP contribution in [0.5, 0.6) is 0 Å². The third kappa shape index (κ3) is 3.91. The SMILES string of the molecule is CC(C)CNc1cc(N2CC[NH+](CCO)CC2)c(N)c2c1C(=O)c1ccccc1C2=O. The highest BCUT2D eigenvalue weighted by Crippen LogP contribution is 2.41. The maximum absolute atomic E-state index is 13.4. The molecule has 2 aliphatic rings. The summed E-state index contributed by atoms with van der Waals surface area (Å²) < 4.78 is 0. The molecule has 1 aliphatic heterocycles. The van der Waals surface area contributed by atoms with E-state index in [2.05, 4.69) is 24.1 Å². The van der Waals surface area contributed by atoms with Gasteiger partial charge in [0.05, 0.1) is 55.3 Å². The molecule has 1 fully saturated rings.